The number of ether oxygens (including phenoxy) is 1. The molecular formula is C15H30O2. The molecule has 0 aliphatic heterocycles. The summed E-state index contributed by atoms with van der Waals surface area (Å²) in [6.45, 7) is 6.53. The van der Waals surface area contributed by atoms with Gasteiger partial charge in [-0.25, -0.2) is 0 Å². The smallest absolute Gasteiger partial charge is 0.302 e. The summed E-state index contributed by atoms with van der Waals surface area (Å²) in [6.07, 6.45) is 11.8. The molecule has 0 rings (SSSR count). The topological polar surface area (TPSA) is 26.3 Å². The third-order valence-electron chi connectivity index (χ3n) is 3.32. The van der Waals surface area contributed by atoms with Crippen molar-refractivity contribution in [3.63, 3.8) is 0 Å². The molecular weight excluding hydrogens is 212 g/mol. The zero-order valence-corrected chi connectivity index (χ0v) is 12.0. The van der Waals surface area contributed by atoms with Crippen LogP contribution in [-0.2, 0) is 9.53 Å². The molecule has 0 aromatic carbocycles. The third-order valence-corrected chi connectivity index (χ3v) is 3.32. The van der Waals surface area contributed by atoms with Crippen LogP contribution >= 0.6 is 0 Å². The van der Waals surface area contributed by atoms with Gasteiger partial charge in [0.05, 0.1) is 6.61 Å². The molecule has 0 aromatic rings. The molecule has 0 saturated carbocycles. The standard InChI is InChI=1S/C15H30O2/c1-4-6-7-8-9-10-11-12-15(5-2)13-17-14(3)16/h15H,4-13H2,1-3H3. The van der Waals surface area contributed by atoms with Crippen molar-refractivity contribution in [3.8, 4) is 0 Å². The van der Waals surface area contributed by atoms with Crippen LogP contribution in [0.1, 0.15) is 78.6 Å². The lowest BCUT2D eigenvalue weighted by Gasteiger charge is -2.14. The summed E-state index contributed by atoms with van der Waals surface area (Å²) in [7, 11) is 0. The predicted molar refractivity (Wildman–Crippen MR) is 73.0 cm³/mol. The molecule has 0 heterocycles. The summed E-state index contributed by atoms with van der Waals surface area (Å²) in [6, 6.07) is 0. The van der Waals surface area contributed by atoms with Gasteiger partial charge in [-0.2, -0.15) is 0 Å². The second-order valence-corrected chi connectivity index (χ2v) is 4.99. The maximum Gasteiger partial charge on any atom is 0.302 e. The molecule has 0 fully saturated rings. The zero-order valence-electron chi connectivity index (χ0n) is 12.0. The van der Waals surface area contributed by atoms with E-state index in [-0.39, 0.29) is 5.97 Å². The van der Waals surface area contributed by atoms with Crippen LogP contribution in [0.5, 0.6) is 0 Å². The van der Waals surface area contributed by atoms with Gasteiger partial charge in [0.25, 0.3) is 0 Å². The van der Waals surface area contributed by atoms with E-state index in [0.717, 1.165) is 6.42 Å². The molecule has 0 aliphatic rings. The number of carbonyl (C=O) groups is 1. The predicted octanol–water partition coefficient (Wildman–Crippen LogP) is 4.72. The first-order chi connectivity index (χ1) is 8.20. The van der Waals surface area contributed by atoms with Crippen LogP contribution in [0, 0.1) is 5.92 Å². The summed E-state index contributed by atoms with van der Waals surface area (Å²) < 4.78 is 5.07. The van der Waals surface area contributed by atoms with Gasteiger partial charge in [0, 0.05) is 6.92 Å². The summed E-state index contributed by atoms with van der Waals surface area (Å²) in [4.78, 5) is 10.7. The van der Waals surface area contributed by atoms with Gasteiger partial charge in [0.1, 0.15) is 0 Å². The Morgan fingerprint density at radius 3 is 2.12 bits per heavy atom. The van der Waals surface area contributed by atoms with Crippen molar-refractivity contribution in [2.75, 3.05) is 6.61 Å². The molecule has 0 saturated heterocycles. The van der Waals surface area contributed by atoms with E-state index >= 15 is 0 Å². The highest BCUT2D eigenvalue weighted by molar-refractivity contribution is 5.65. The van der Waals surface area contributed by atoms with E-state index in [1.54, 1.807) is 0 Å². The van der Waals surface area contributed by atoms with E-state index in [1.807, 2.05) is 0 Å². The quantitative estimate of drug-likeness (QED) is 0.387. The second-order valence-electron chi connectivity index (χ2n) is 4.99. The largest absolute Gasteiger partial charge is 0.466 e. The van der Waals surface area contributed by atoms with Crippen molar-refractivity contribution in [2.45, 2.75) is 78.6 Å². The molecule has 0 spiro atoms. The summed E-state index contributed by atoms with van der Waals surface area (Å²) >= 11 is 0. The van der Waals surface area contributed by atoms with Gasteiger partial charge in [0.2, 0.25) is 0 Å². The first kappa shape index (κ1) is 16.5. The Kier molecular flexibility index (Phi) is 11.6. The van der Waals surface area contributed by atoms with Crippen molar-refractivity contribution in [1.82, 2.24) is 0 Å². The molecule has 2 nitrogen and oxygen atoms in total. The number of unbranched alkanes of at least 4 members (excludes halogenated alkanes) is 6. The lowest BCUT2D eigenvalue weighted by molar-refractivity contribution is -0.142. The zero-order chi connectivity index (χ0) is 12.9. The van der Waals surface area contributed by atoms with E-state index < -0.39 is 0 Å². The Bertz CT molecular complexity index is 178. The third kappa shape index (κ3) is 11.7. The molecule has 0 N–H and O–H groups in total. The molecule has 0 amide bonds. The highest BCUT2D eigenvalue weighted by Crippen LogP contribution is 2.15. The summed E-state index contributed by atoms with van der Waals surface area (Å²) in [5.41, 5.74) is 0. The maximum atomic E-state index is 10.7. The second kappa shape index (κ2) is 11.9. The fourth-order valence-electron chi connectivity index (χ4n) is 2.03. The van der Waals surface area contributed by atoms with Crippen molar-refractivity contribution >= 4 is 5.97 Å². The van der Waals surface area contributed by atoms with Gasteiger partial charge in [-0.1, -0.05) is 65.2 Å². The first-order valence-corrected chi connectivity index (χ1v) is 7.34. The number of rotatable bonds is 11. The van der Waals surface area contributed by atoms with Crippen LogP contribution in [0.2, 0.25) is 0 Å². The van der Waals surface area contributed by atoms with Gasteiger partial charge < -0.3 is 4.74 Å². The van der Waals surface area contributed by atoms with Crippen LogP contribution < -0.4 is 0 Å². The highest BCUT2D eigenvalue weighted by Gasteiger charge is 2.07. The maximum absolute atomic E-state index is 10.7. The van der Waals surface area contributed by atoms with E-state index in [0.29, 0.717) is 12.5 Å². The van der Waals surface area contributed by atoms with Crippen LogP contribution in [0.4, 0.5) is 0 Å². The number of hydrogen-bond acceptors (Lipinski definition) is 2. The molecule has 2 heteroatoms. The van der Waals surface area contributed by atoms with E-state index in [4.69, 9.17) is 4.74 Å². The van der Waals surface area contributed by atoms with Crippen LogP contribution in [-0.4, -0.2) is 12.6 Å². The van der Waals surface area contributed by atoms with Gasteiger partial charge in [-0.3, -0.25) is 4.79 Å². The van der Waals surface area contributed by atoms with Gasteiger partial charge >= 0.3 is 5.97 Å². The molecule has 1 atom stereocenters. The minimum absolute atomic E-state index is 0.150. The van der Waals surface area contributed by atoms with Crippen LogP contribution in [0.15, 0.2) is 0 Å². The molecule has 17 heavy (non-hydrogen) atoms. The average molecular weight is 242 g/mol. The van der Waals surface area contributed by atoms with Crippen molar-refractivity contribution in [2.24, 2.45) is 5.92 Å². The highest BCUT2D eigenvalue weighted by atomic mass is 16.5. The molecule has 0 bridgehead atoms. The normalized spacial score (nSPS) is 12.4. The fourth-order valence-corrected chi connectivity index (χ4v) is 2.03. The van der Waals surface area contributed by atoms with Crippen molar-refractivity contribution in [1.29, 1.82) is 0 Å². The van der Waals surface area contributed by atoms with Crippen LogP contribution in [0.3, 0.4) is 0 Å². The van der Waals surface area contributed by atoms with Gasteiger partial charge in [0.15, 0.2) is 0 Å². The number of carbonyl (C=O) groups excluding carboxylic acids is 1. The minimum Gasteiger partial charge on any atom is -0.466 e. The Morgan fingerprint density at radius 1 is 1.00 bits per heavy atom. The summed E-state index contributed by atoms with van der Waals surface area (Å²) in [5, 5.41) is 0. The van der Waals surface area contributed by atoms with Gasteiger partial charge in [-0.05, 0) is 12.3 Å². The fraction of sp³-hybridized carbons (Fsp3) is 0.933. The minimum atomic E-state index is -0.150. The Hall–Kier alpha value is -0.530. The molecule has 102 valence electrons. The van der Waals surface area contributed by atoms with Crippen LogP contribution in [0.25, 0.3) is 0 Å². The lowest BCUT2D eigenvalue weighted by atomic mass is 9.98. The number of hydrogen-bond donors (Lipinski definition) is 0. The Labute approximate surface area is 107 Å². The van der Waals surface area contributed by atoms with Crippen molar-refractivity contribution in [3.05, 3.63) is 0 Å². The monoisotopic (exact) mass is 242 g/mol. The first-order valence-electron chi connectivity index (χ1n) is 7.34. The SMILES string of the molecule is CCCCCCCCCC(CC)COC(C)=O. The molecule has 0 aromatic heterocycles. The van der Waals surface area contributed by atoms with E-state index in [9.17, 15) is 4.79 Å². The molecule has 0 aliphatic carbocycles. The van der Waals surface area contributed by atoms with E-state index in [2.05, 4.69) is 13.8 Å². The Morgan fingerprint density at radius 2 is 1.59 bits per heavy atom. The lowest BCUT2D eigenvalue weighted by Crippen LogP contribution is -2.11. The number of esters is 1. The molecule has 1 unspecified atom stereocenters. The summed E-state index contributed by atoms with van der Waals surface area (Å²) in [5.74, 6) is 0.414. The van der Waals surface area contributed by atoms with Gasteiger partial charge in [-0.15, -0.1) is 0 Å². The average Bonchev–Trinajstić information content (AvgIpc) is 2.31. The van der Waals surface area contributed by atoms with Crippen molar-refractivity contribution < 1.29 is 9.53 Å². The van der Waals surface area contributed by atoms with E-state index in [1.165, 1.54) is 58.3 Å². The Balaban J connectivity index is 3.34. The molecule has 0 radical (unpaired) electrons.